The van der Waals surface area contributed by atoms with E-state index < -0.39 is 0 Å². The summed E-state index contributed by atoms with van der Waals surface area (Å²) in [5.74, 6) is 0. The van der Waals surface area contributed by atoms with E-state index in [-0.39, 0.29) is 0 Å². The second-order valence-electron chi connectivity index (χ2n) is 15.0. The van der Waals surface area contributed by atoms with Crippen LogP contribution in [0.25, 0.3) is 82.4 Å². The van der Waals surface area contributed by atoms with Crippen LogP contribution in [0, 0.1) is 0 Å². The van der Waals surface area contributed by atoms with Gasteiger partial charge >= 0.3 is 0 Å². The molecule has 0 spiro atoms. The van der Waals surface area contributed by atoms with Crippen LogP contribution in [-0.4, -0.2) is 4.57 Å². The third-order valence-corrected chi connectivity index (χ3v) is 11.6. The highest BCUT2D eigenvalue weighted by Crippen LogP contribution is 2.44. The average Bonchev–Trinajstić information content (AvgIpc) is 3.63. The highest BCUT2D eigenvalue weighted by Gasteiger charge is 2.20. The molecule has 58 heavy (non-hydrogen) atoms. The zero-order valence-electron chi connectivity index (χ0n) is 31.8. The predicted molar refractivity (Wildman–Crippen MR) is 247 cm³/mol. The third kappa shape index (κ3) is 5.82. The fourth-order valence-electron chi connectivity index (χ4n) is 8.76. The van der Waals surface area contributed by atoms with E-state index in [1.165, 1.54) is 71.2 Å². The first-order valence-corrected chi connectivity index (χ1v) is 19.9. The van der Waals surface area contributed by atoms with Crippen LogP contribution in [0.2, 0.25) is 0 Å². The number of hydrogen-bond donors (Lipinski definition) is 0. The van der Waals surface area contributed by atoms with E-state index in [1.807, 2.05) is 0 Å². The van der Waals surface area contributed by atoms with Gasteiger partial charge in [-0.1, -0.05) is 170 Å². The first kappa shape index (κ1) is 33.6. The number of anilines is 3. The third-order valence-electron chi connectivity index (χ3n) is 11.6. The number of benzene rings is 10. The second-order valence-corrected chi connectivity index (χ2v) is 15.0. The van der Waals surface area contributed by atoms with Crippen LogP contribution in [0.1, 0.15) is 0 Å². The van der Waals surface area contributed by atoms with Gasteiger partial charge in [-0.2, -0.15) is 0 Å². The van der Waals surface area contributed by atoms with Crippen LogP contribution in [0.4, 0.5) is 17.1 Å². The van der Waals surface area contributed by atoms with Crippen molar-refractivity contribution in [3.63, 3.8) is 0 Å². The lowest BCUT2D eigenvalue weighted by Gasteiger charge is -2.29. The molecule has 0 aliphatic carbocycles. The maximum Gasteiger partial charge on any atom is 0.0546 e. The van der Waals surface area contributed by atoms with Gasteiger partial charge in [0.25, 0.3) is 0 Å². The summed E-state index contributed by atoms with van der Waals surface area (Å²) in [5, 5.41) is 7.45. The monoisotopic (exact) mass is 738 g/mol. The minimum atomic E-state index is 1.09. The standard InChI is InChI=1S/C56H38N2/c1-2-18-47(19-3-1)57(48-33-30-41(31-34-48)49-20-8-11-23-53(49)58-54-24-12-9-21-51(54)52-22-10-13-25-55(52)58)56-38-45(44-28-26-39-14-4-6-16-42(39)36-44)32-35-50(56)46-29-27-40-15-5-7-17-43(40)37-46/h1-38H. The van der Waals surface area contributed by atoms with Crippen molar-refractivity contribution < 1.29 is 0 Å². The second kappa shape index (κ2) is 14.1. The largest absolute Gasteiger partial charge is 0.310 e. The molecule has 0 amide bonds. The predicted octanol–water partition coefficient (Wildman–Crippen LogP) is 15.6. The van der Waals surface area contributed by atoms with Gasteiger partial charge in [0.1, 0.15) is 0 Å². The first-order chi connectivity index (χ1) is 28.8. The summed E-state index contributed by atoms with van der Waals surface area (Å²) in [7, 11) is 0. The van der Waals surface area contributed by atoms with Crippen LogP contribution in [-0.2, 0) is 0 Å². The normalized spacial score (nSPS) is 11.4. The Morgan fingerprint density at radius 1 is 0.293 bits per heavy atom. The first-order valence-electron chi connectivity index (χ1n) is 19.9. The Labute approximate surface area is 338 Å². The van der Waals surface area contributed by atoms with Crippen molar-refractivity contribution in [2.75, 3.05) is 4.90 Å². The molecule has 1 heterocycles. The van der Waals surface area contributed by atoms with Gasteiger partial charge in [-0.25, -0.2) is 0 Å². The highest BCUT2D eigenvalue weighted by molar-refractivity contribution is 6.09. The zero-order chi connectivity index (χ0) is 38.4. The van der Waals surface area contributed by atoms with Crippen molar-refractivity contribution in [1.82, 2.24) is 4.57 Å². The lowest BCUT2D eigenvalue weighted by molar-refractivity contribution is 1.18. The lowest BCUT2D eigenvalue weighted by Crippen LogP contribution is -2.11. The molecule has 0 saturated carbocycles. The quantitative estimate of drug-likeness (QED) is 0.158. The summed E-state index contributed by atoms with van der Waals surface area (Å²) in [5.41, 5.74) is 13.9. The topological polar surface area (TPSA) is 8.17 Å². The number of para-hydroxylation sites is 4. The number of rotatable bonds is 7. The van der Waals surface area contributed by atoms with Crippen molar-refractivity contribution in [1.29, 1.82) is 0 Å². The van der Waals surface area contributed by atoms with Crippen LogP contribution >= 0.6 is 0 Å². The molecule has 11 aromatic rings. The van der Waals surface area contributed by atoms with E-state index in [2.05, 4.69) is 240 Å². The summed E-state index contributed by atoms with van der Waals surface area (Å²) in [6.45, 7) is 0. The van der Waals surface area contributed by atoms with Gasteiger partial charge in [-0.3, -0.25) is 0 Å². The molecule has 0 N–H and O–H groups in total. The van der Waals surface area contributed by atoms with E-state index >= 15 is 0 Å². The van der Waals surface area contributed by atoms with E-state index in [9.17, 15) is 0 Å². The molecule has 10 aromatic carbocycles. The molecule has 272 valence electrons. The van der Waals surface area contributed by atoms with Gasteiger partial charge in [0.15, 0.2) is 0 Å². The molecule has 0 fully saturated rings. The lowest BCUT2D eigenvalue weighted by atomic mass is 9.94. The summed E-state index contributed by atoms with van der Waals surface area (Å²) in [4.78, 5) is 2.41. The van der Waals surface area contributed by atoms with E-state index in [0.717, 1.165) is 28.3 Å². The number of fused-ring (bicyclic) bond motifs is 5. The van der Waals surface area contributed by atoms with E-state index in [4.69, 9.17) is 0 Å². The van der Waals surface area contributed by atoms with Gasteiger partial charge in [0, 0.05) is 33.3 Å². The Kier molecular flexibility index (Phi) is 8.19. The fraction of sp³-hybridized carbons (Fsp3) is 0. The number of aromatic nitrogens is 1. The Balaban J connectivity index is 1.08. The van der Waals surface area contributed by atoms with Crippen molar-refractivity contribution in [2.24, 2.45) is 0 Å². The summed E-state index contributed by atoms with van der Waals surface area (Å²) < 4.78 is 2.41. The van der Waals surface area contributed by atoms with Crippen molar-refractivity contribution in [3.8, 4) is 39.1 Å². The summed E-state index contributed by atoms with van der Waals surface area (Å²) >= 11 is 0. The molecule has 0 saturated heterocycles. The Hall–Kier alpha value is -7.68. The molecule has 0 atom stereocenters. The Morgan fingerprint density at radius 3 is 1.47 bits per heavy atom. The number of nitrogens with zero attached hydrogens (tertiary/aromatic N) is 2. The molecule has 2 heteroatoms. The molecule has 11 rings (SSSR count). The van der Waals surface area contributed by atoms with Crippen molar-refractivity contribution >= 4 is 60.4 Å². The smallest absolute Gasteiger partial charge is 0.0546 e. The molecule has 2 nitrogen and oxygen atoms in total. The summed E-state index contributed by atoms with van der Waals surface area (Å²) in [6, 6.07) is 83.8. The SMILES string of the molecule is c1ccc(N(c2ccc(-c3ccccc3-n3c4ccccc4c4ccccc43)cc2)c2cc(-c3ccc4ccccc4c3)ccc2-c2ccc3ccccc3c2)cc1. The maximum absolute atomic E-state index is 2.41. The highest BCUT2D eigenvalue weighted by atomic mass is 15.1. The van der Waals surface area contributed by atoms with Crippen LogP contribution < -0.4 is 4.90 Å². The van der Waals surface area contributed by atoms with Crippen LogP contribution in [0.15, 0.2) is 231 Å². The Morgan fingerprint density at radius 2 is 0.776 bits per heavy atom. The fourth-order valence-corrected chi connectivity index (χ4v) is 8.76. The van der Waals surface area contributed by atoms with E-state index in [1.54, 1.807) is 0 Å². The Bertz CT molecular complexity index is 3230. The average molecular weight is 739 g/mol. The molecule has 1 aromatic heterocycles. The molecule has 0 aliphatic heterocycles. The molecular weight excluding hydrogens is 701 g/mol. The molecule has 0 bridgehead atoms. The van der Waals surface area contributed by atoms with Gasteiger partial charge in [-0.05, 0) is 104 Å². The molecule has 0 radical (unpaired) electrons. The number of hydrogen-bond acceptors (Lipinski definition) is 1. The maximum atomic E-state index is 2.41. The zero-order valence-corrected chi connectivity index (χ0v) is 31.8. The molecule has 0 unspecified atom stereocenters. The minimum Gasteiger partial charge on any atom is -0.310 e. The van der Waals surface area contributed by atoms with E-state index in [0.29, 0.717) is 0 Å². The minimum absolute atomic E-state index is 1.09. The van der Waals surface area contributed by atoms with Gasteiger partial charge in [0.2, 0.25) is 0 Å². The molecule has 0 aliphatic rings. The molecular formula is C56H38N2. The van der Waals surface area contributed by atoms with Crippen molar-refractivity contribution in [3.05, 3.63) is 231 Å². The van der Waals surface area contributed by atoms with Crippen molar-refractivity contribution in [2.45, 2.75) is 0 Å². The van der Waals surface area contributed by atoms with Crippen LogP contribution in [0.5, 0.6) is 0 Å². The van der Waals surface area contributed by atoms with Crippen LogP contribution in [0.3, 0.4) is 0 Å². The van der Waals surface area contributed by atoms with Gasteiger partial charge in [0.05, 0.1) is 22.4 Å². The van der Waals surface area contributed by atoms with Gasteiger partial charge < -0.3 is 9.47 Å². The van der Waals surface area contributed by atoms with Gasteiger partial charge in [-0.15, -0.1) is 0 Å². The summed E-state index contributed by atoms with van der Waals surface area (Å²) in [6.07, 6.45) is 0.